The second-order valence-corrected chi connectivity index (χ2v) is 6.03. The zero-order valence-electron chi connectivity index (χ0n) is 12.0. The van der Waals surface area contributed by atoms with Crippen LogP contribution in [0.5, 0.6) is 0 Å². The highest BCUT2D eigenvalue weighted by molar-refractivity contribution is 7.10. The van der Waals surface area contributed by atoms with Crippen LogP contribution in [-0.4, -0.2) is 15.3 Å². The van der Waals surface area contributed by atoms with Gasteiger partial charge in [-0.3, -0.25) is 4.79 Å². The van der Waals surface area contributed by atoms with Crippen molar-refractivity contribution < 1.29 is 4.79 Å². The Hall–Kier alpha value is -2.14. The minimum atomic E-state index is -0.128. The molecule has 3 aromatic rings. The van der Waals surface area contributed by atoms with E-state index < -0.39 is 0 Å². The maximum Gasteiger partial charge on any atom is 0.272 e. The number of fused-ring (bicyclic) bond motifs is 1. The number of carbonyl (C=O) groups is 1. The van der Waals surface area contributed by atoms with Gasteiger partial charge in [0.15, 0.2) is 0 Å². The fraction of sp³-hybridized carbons (Fsp3) is 0.250. The molecule has 0 aliphatic rings. The number of aryl methyl sites for hydroxylation is 1. The molecule has 21 heavy (non-hydrogen) atoms. The largest absolute Gasteiger partial charge is 0.343 e. The van der Waals surface area contributed by atoms with Crippen LogP contribution in [-0.2, 0) is 0 Å². The van der Waals surface area contributed by atoms with Crippen molar-refractivity contribution in [3.8, 4) is 0 Å². The van der Waals surface area contributed by atoms with E-state index in [1.807, 2.05) is 47.2 Å². The Labute approximate surface area is 127 Å². The summed E-state index contributed by atoms with van der Waals surface area (Å²) in [6.07, 6.45) is 4.60. The fourth-order valence-electron chi connectivity index (χ4n) is 2.31. The van der Waals surface area contributed by atoms with E-state index in [0.717, 1.165) is 17.6 Å². The molecule has 108 valence electrons. The van der Waals surface area contributed by atoms with Gasteiger partial charge in [0, 0.05) is 17.3 Å². The van der Waals surface area contributed by atoms with E-state index in [1.54, 1.807) is 17.5 Å². The van der Waals surface area contributed by atoms with Crippen molar-refractivity contribution in [2.75, 3.05) is 0 Å². The van der Waals surface area contributed by atoms with E-state index in [4.69, 9.17) is 0 Å². The Morgan fingerprint density at radius 1 is 1.38 bits per heavy atom. The lowest BCUT2D eigenvalue weighted by Crippen LogP contribution is -2.27. The minimum absolute atomic E-state index is 0.0454. The highest BCUT2D eigenvalue weighted by Crippen LogP contribution is 2.22. The van der Waals surface area contributed by atoms with E-state index in [9.17, 15) is 4.79 Å². The summed E-state index contributed by atoms with van der Waals surface area (Å²) in [5.74, 6) is -0.128. The molecule has 0 fully saturated rings. The Morgan fingerprint density at radius 3 is 2.95 bits per heavy atom. The predicted molar refractivity (Wildman–Crippen MR) is 84.7 cm³/mol. The average Bonchev–Trinajstić information content (AvgIpc) is 3.12. The van der Waals surface area contributed by atoms with Gasteiger partial charge >= 0.3 is 0 Å². The van der Waals surface area contributed by atoms with Crippen LogP contribution in [0, 0.1) is 6.92 Å². The second kappa shape index (κ2) is 5.69. The van der Waals surface area contributed by atoms with Crippen molar-refractivity contribution in [2.24, 2.45) is 0 Å². The molecule has 3 aromatic heterocycles. The summed E-state index contributed by atoms with van der Waals surface area (Å²) in [5, 5.41) is 5.08. The van der Waals surface area contributed by atoms with Gasteiger partial charge in [0.05, 0.1) is 6.04 Å². The van der Waals surface area contributed by atoms with Crippen molar-refractivity contribution in [1.29, 1.82) is 0 Å². The Kier molecular flexibility index (Phi) is 3.75. The third kappa shape index (κ3) is 2.83. The third-order valence-corrected chi connectivity index (χ3v) is 4.42. The van der Waals surface area contributed by atoms with Gasteiger partial charge in [-0.1, -0.05) is 19.1 Å². The summed E-state index contributed by atoms with van der Waals surface area (Å²) < 4.78 is 1.89. The number of hydrogen-bond acceptors (Lipinski definition) is 3. The van der Waals surface area contributed by atoms with Gasteiger partial charge < -0.3 is 9.72 Å². The number of pyridine rings is 1. The first-order valence-corrected chi connectivity index (χ1v) is 7.85. The molecule has 3 rings (SSSR count). The SMILES string of the molecule is CC[C@H](NC(=O)c1cn2cc(C)ccc2n1)c1cccs1. The zero-order chi connectivity index (χ0) is 14.8. The topological polar surface area (TPSA) is 46.4 Å². The van der Waals surface area contributed by atoms with Gasteiger partial charge in [-0.15, -0.1) is 11.3 Å². The highest BCUT2D eigenvalue weighted by atomic mass is 32.1. The lowest BCUT2D eigenvalue weighted by atomic mass is 10.2. The number of imidazole rings is 1. The summed E-state index contributed by atoms with van der Waals surface area (Å²) in [4.78, 5) is 17.9. The summed E-state index contributed by atoms with van der Waals surface area (Å²) in [7, 11) is 0. The number of amides is 1. The molecule has 0 aliphatic carbocycles. The van der Waals surface area contributed by atoms with Crippen LogP contribution in [0.1, 0.15) is 40.3 Å². The first-order chi connectivity index (χ1) is 10.2. The van der Waals surface area contributed by atoms with Gasteiger partial charge in [0.2, 0.25) is 0 Å². The van der Waals surface area contributed by atoms with Crippen molar-refractivity contribution in [1.82, 2.24) is 14.7 Å². The van der Waals surface area contributed by atoms with E-state index in [1.165, 1.54) is 4.88 Å². The van der Waals surface area contributed by atoms with Crippen molar-refractivity contribution >= 4 is 22.9 Å². The molecule has 0 bridgehead atoms. The second-order valence-electron chi connectivity index (χ2n) is 5.05. The van der Waals surface area contributed by atoms with Gasteiger partial charge in [0.1, 0.15) is 11.3 Å². The number of thiophene rings is 1. The van der Waals surface area contributed by atoms with Crippen LogP contribution in [0.2, 0.25) is 0 Å². The first-order valence-electron chi connectivity index (χ1n) is 6.97. The quantitative estimate of drug-likeness (QED) is 0.800. The molecule has 0 unspecified atom stereocenters. The predicted octanol–water partition coefficient (Wildman–Crippen LogP) is 3.59. The number of rotatable bonds is 4. The third-order valence-electron chi connectivity index (χ3n) is 3.43. The molecule has 1 atom stereocenters. The Morgan fingerprint density at radius 2 is 2.24 bits per heavy atom. The molecule has 0 aliphatic heterocycles. The lowest BCUT2D eigenvalue weighted by Gasteiger charge is -2.14. The maximum atomic E-state index is 12.4. The number of carbonyl (C=O) groups excluding carboxylic acids is 1. The van der Waals surface area contributed by atoms with E-state index in [-0.39, 0.29) is 11.9 Å². The van der Waals surface area contributed by atoms with Crippen molar-refractivity contribution in [3.05, 3.63) is 58.2 Å². The zero-order valence-corrected chi connectivity index (χ0v) is 12.9. The summed E-state index contributed by atoms with van der Waals surface area (Å²) in [6, 6.07) is 8.01. The molecular formula is C16H17N3OS. The molecule has 3 heterocycles. The standard InChI is InChI=1S/C16H17N3OS/c1-3-12(14-5-4-8-21-14)18-16(20)13-10-19-9-11(2)6-7-15(19)17-13/h4-10,12H,3H2,1-2H3,(H,18,20)/t12-/m0/s1. The van der Waals surface area contributed by atoms with Crippen LogP contribution < -0.4 is 5.32 Å². The number of nitrogens with one attached hydrogen (secondary N) is 1. The molecule has 0 saturated heterocycles. The number of aromatic nitrogens is 2. The molecule has 1 N–H and O–H groups in total. The van der Waals surface area contributed by atoms with E-state index >= 15 is 0 Å². The lowest BCUT2D eigenvalue weighted by molar-refractivity contribution is 0.0932. The minimum Gasteiger partial charge on any atom is -0.343 e. The first kappa shape index (κ1) is 13.8. The normalized spacial score (nSPS) is 12.5. The van der Waals surface area contributed by atoms with Crippen LogP contribution in [0.4, 0.5) is 0 Å². The van der Waals surface area contributed by atoms with Gasteiger partial charge in [-0.05, 0) is 36.4 Å². The average molecular weight is 299 g/mol. The fourth-order valence-corrected chi connectivity index (χ4v) is 3.17. The van der Waals surface area contributed by atoms with Crippen molar-refractivity contribution in [2.45, 2.75) is 26.3 Å². The van der Waals surface area contributed by atoms with Crippen molar-refractivity contribution in [3.63, 3.8) is 0 Å². The van der Waals surface area contributed by atoms with Crippen LogP contribution in [0.25, 0.3) is 5.65 Å². The Balaban J connectivity index is 1.83. The van der Waals surface area contributed by atoms with E-state index in [2.05, 4.69) is 17.2 Å². The molecule has 0 radical (unpaired) electrons. The summed E-state index contributed by atoms with van der Waals surface area (Å²) >= 11 is 1.66. The monoisotopic (exact) mass is 299 g/mol. The molecular weight excluding hydrogens is 282 g/mol. The molecule has 4 nitrogen and oxygen atoms in total. The smallest absolute Gasteiger partial charge is 0.272 e. The maximum absolute atomic E-state index is 12.4. The number of nitrogens with zero attached hydrogens (tertiary/aromatic N) is 2. The number of hydrogen-bond donors (Lipinski definition) is 1. The highest BCUT2D eigenvalue weighted by Gasteiger charge is 2.17. The molecule has 1 amide bonds. The van der Waals surface area contributed by atoms with Crippen LogP contribution >= 0.6 is 11.3 Å². The van der Waals surface area contributed by atoms with Gasteiger partial charge in [-0.2, -0.15) is 0 Å². The molecule has 5 heteroatoms. The van der Waals surface area contributed by atoms with Gasteiger partial charge in [0.25, 0.3) is 5.91 Å². The molecule has 0 saturated carbocycles. The van der Waals surface area contributed by atoms with E-state index in [0.29, 0.717) is 5.69 Å². The molecule has 0 spiro atoms. The Bertz CT molecular complexity index is 761. The summed E-state index contributed by atoms with van der Waals surface area (Å²) in [5.41, 5.74) is 2.38. The van der Waals surface area contributed by atoms with Crippen LogP contribution in [0.15, 0.2) is 42.0 Å². The van der Waals surface area contributed by atoms with Crippen LogP contribution in [0.3, 0.4) is 0 Å². The van der Waals surface area contributed by atoms with Gasteiger partial charge in [-0.25, -0.2) is 4.98 Å². The molecule has 0 aromatic carbocycles. The summed E-state index contributed by atoms with van der Waals surface area (Å²) in [6.45, 7) is 4.08.